The molecule has 90 valence electrons. The van der Waals surface area contributed by atoms with Crippen LogP contribution in [-0.2, 0) is 11.2 Å². The summed E-state index contributed by atoms with van der Waals surface area (Å²) >= 11 is 0. The highest BCUT2D eigenvalue weighted by Gasteiger charge is 2.08. The molecule has 0 fully saturated rings. The van der Waals surface area contributed by atoms with E-state index in [1.54, 1.807) is 0 Å². The molecule has 0 unspecified atom stereocenters. The third kappa shape index (κ3) is 2.67. The smallest absolute Gasteiger partial charge is 0.224 e. The van der Waals surface area contributed by atoms with Crippen LogP contribution in [0.1, 0.15) is 24.5 Å². The quantitative estimate of drug-likeness (QED) is 0.833. The van der Waals surface area contributed by atoms with Crippen molar-refractivity contribution in [2.24, 2.45) is 0 Å². The standard InChI is InChI=1S/C14H18N2O/c1-3-6-15-14(17)8-11-9-16-13-5-4-10(2)7-12(11)13/h4-5,7,9,16H,3,6,8H2,1-2H3,(H,15,17). The Kier molecular flexibility index (Phi) is 3.47. The molecule has 0 saturated carbocycles. The van der Waals surface area contributed by atoms with Crippen LogP contribution in [0.5, 0.6) is 0 Å². The predicted octanol–water partition coefficient (Wildman–Crippen LogP) is 2.55. The van der Waals surface area contributed by atoms with Crippen LogP contribution in [0, 0.1) is 6.92 Å². The number of aromatic amines is 1. The zero-order chi connectivity index (χ0) is 12.3. The van der Waals surface area contributed by atoms with Crippen LogP contribution >= 0.6 is 0 Å². The molecule has 0 aliphatic heterocycles. The molecule has 1 aromatic heterocycles. The van der Waals surface area contributed by atoms with Gasteiger partial charge < -0.3 is 10.3 Å². The summed E-state index contributed by atoms with van der Waals surface area (Å²) in [7, 11) is 0. The van der Waals surface area contributed by atoms with Gasteiger partial charge in [0.1, 0.15) is 0 Å². The number of aryl methyl sites for hydroxylation is 1. The summed E-state index contributed by atoms with van der Waals surface area (Å²) in [4.78, 5) is 14.9. The van der Waals surface area contributed by atoms with Crippen molar-refractivity contribution in [3.63, 3.8) is 0 Å². The van der Waals surface area contributed by atoms with Crippen LogP contribution < -0.4 is 5.32 Å². The van der Waals surface area contributed by atoms with Crippen molar-refractivity contribution in [3.8, 4) is 0 Å². The fourth-order valence-corrected chi connectivity index (χ4v) is 1.94. The fraction of sp³-hybridized carbons (Fsp3) is 0.357. The van der Waals surface area contributed by atoms with E-state index in [0.717, 1.165) is 29.4 Å². The zero-order valence-corrected chi connectivity index (χ0v) is 10.3. The van der Waals surface area contributed by atoms with Crippen molar-refractivity contribution in [1.82, 2.24) is 10.3 Å². The molecular formula is C14H18N2O. The number of fused-ring (bicyclic) bond motifs is 1. The average Bonchev–Trinajstić information content (AvgIpc) is 2.69. The first-order chi connectivity index (χ1) is 8.20. The first kappa shape index (κ1) is 11.7. The lowest BCUT2D eigenvalue weighted by atomic mass is 10.1. The van der Waals surface area contributed by atoms with Gasteiger partial charge >= 0.3 is 0 Å². The maximum atomic E-state index is 11.7. The summed E-state index contributed by atoms with van der Waals surface area (Å²) in [6.07, 6.45) is 3.35. The van der Waals surface area contributed by atoms with E-state index in [1.807, 2.05) is 6.20 Å². The number of rotatable bonds is 4. The molecule has 2 N–H and O–H groups in total. The number of amides is 1. The number of H-pyrrole nitrogens is 1. The van der Waals surface area contributed by atoms with Gasteiger partial charge in [0.2, 0.25) is 5.91 Å². The van der Waals surface area contributed by atoms with E-state index in [2.05, 4.69) is 42.3 Å². The maximum absolute atomic E-state index is 11.7. The first-order valence-corrected chi connectivity index (χ1v) is 6.04. The second-order valence-corrected chi connectivity index (χ2v) is 4.39. The number of hydrogen-bond donors (Lipinski definition) is 2. The van der Waals surface area contributed by atoms with Gasteiger partial charge in [-0.05, 0) is 31.0 Å². The van der Waals surface area contributed by atoms with Gasteiger partial charge in [0.05, 0.1) is 6.42 Å². The van der Waals surface area contributed by atoms with Crippen molar-refractivity contribution < 1.29 is 4.79 Å². The zero-order valence-electron chi connectivity index (χ0n) is 10.3. The fourth-order valence-electron chi connectivity index (χ4n) is 1.94. The lowest BCUT2D eigenvalue weighted by Gasteiger charge is -2.02. The van der Waals surface area contributed by atoms with Crippen LogP contribution in [0.3, 0.4) is 0 Å². The average molecular weight is 230 g/mol. The van der Waals surface area contributed by atoms with Gasteiger partial charge in [0.25, 0.3) is 0 Å². The Labute approximate surface area is 101 Å². The van der Waals surface area contributed by atoms with Gasteiger partial charge in [-0.1, -0.05) is 18.6 Å². The normalized spacial score (nSPS) is 10.7. The van der Waals surface area contributed by atoms with Crippen LogP contribution in [0.4, 0.5) is 0 Å². The third-order valence-corrected chi connectivity index (χ3v) is 2.85. The second kappa shape index (κ2) is 5.04. The molecule has 0 radical (unpaired) electrons. The van der Waals surface area contributed by atoms with Crippen LogP contribution in [-0.4, -0.2) is 17.4 Å². The number of benzene rings is 1. The summed E-state index contributed by atoms with van der Waals surface area (Å²) in [5, 5.41) is 4.05. The molecule has 0 saturated heterocycles. The Hall–Kier alpha value is -1.77. The topological polar surface area (TPSA) is 44.9 Å². The van der Waals surface area contributed by atoms with Gasteiger partial charge in [-0.25, -0.2) is 0 Å². The lowest BCUT2D eigenvalue weighted by Crippen LogP contribution is -2.25. The van der Waals surface area contributed by atoms with Crippen molar-refractivity contribution in [1.29, 1.82) is 0 Å². The molecule has 2 rings (SSSR count). The monoisotopic (exact) mass is 230 g/mol. The SMILES string of the molecule is CCCNC(=O)Cc1c[nH]c2ccc(C)cc12. The van der Waals surface area contributed by atoms with E-state index in [-0.39, 0.29) is 5.91 Å². The largest absolute Gasteiger partial charge is 0.361 e. The molecule has 0 aliphatic carbocycles. The molecule has 0 aliphatic rings. The third-order valence-electron chi connectivity index (χ3n) is 2.85. The minimum absolute atomic E-state index is 0.0919. The van der Waals surface area contributed by atoms with Gasteiger partial charge in [-0.2, -0.15) is 0 Å². The summed E-state index contributed by atoms with van der Waals surface area (Å²) in [6, 6.07) is 6.24. The van der Waals surface area contributed by atoms with E-state index < -0.39 is 0 Å². The molecule has 1 aromatic carbocycles. The van der Waals surface area contributed by atoms with Gasteiger partial charge in [0.15, 0.2) is 0 Å². The Morgan fingerprint density at radius 3 is 3.00 bits per heavy atom. The van der Waals surface area contributed by atoms with Crippen molar-refractivity contribution in [2.75, 3.05) is 6.54 Å². The number of aromatic nitrogens is 1. The Morgan fingerprint density at radius 1 is 1.41 bits per heavy atom. The Morgan fingerprint density at radius 2 is 2.24 bits per heavy atom. The van der Waals surface area contributed by atoms with Crippen molar-refractivity contribution in [2.45, 2.75) is 26.7 Å². The molecule has 0 spiro atoms. The van der Waals surface area contributed by atoms with Crippen molar-refractivity contribution in [3.05, 3.63) is 35.5 Å². The van der Waals surface area contributed by atoms with Crippen molar-refractivity contribution >= 4 is 16.8 Å². The molecule has 17 heavy (non-hydrogen) atoms. The summed E-state index contributed by atoms with van der Waals surface area (Å²) < 4.78 is 0. The molecule has 0 bridgehead atoms. The number of carbonyl (C=O) groups is 1. The maximum Gasteiger partial charge on any atom is 0.224 e. The predicted molar refractivity (Wildman–Crippen MR) is 70.0 cm³/mol. The summed E-state index contributed by atoms with van der Waals surface area (Å²) in [5.41, 5.74) is 3.37. The Balaban J connectivity index is 2.18. The molecule has 2 aromatic rings. The van der Waals surface area contributed by atoms with E-state index in [0.29, 0.717) is 6.42 Å². The number of nitrogens with one attached hydrogen (secondary N) is 2. The highest BCUT2D eigenvalue weighted by Crippen LogP contribution is 2.19. The summed E-state index contributed by atoms with van der Waals surface area (Å²) in [6.45, 7) is 4.86. The van der Waals surface area contributed by atoms with Crippen LogP contribution in [0.25, 0.3) is 10.9 Å². The van der Waals surface area contributed by atoms with Crippen LogP contribution in [0.15, 0.2) is 24.4 Å². The molecule has 1 heterocycles. The second-order valence-electron chi connectivity index (χ2n) is 4.39. The minimum Gasteiger partial charge on any atom is -0.361 e. The minimum atomic E-state index is 0.0919. The first-order valence-electron chi connectivity index (χ1n) is 6.04. The van der Waals surface area contributed by atoms with E-state index in [4.69, 9.17) is 0 Å². The van der Waals surface area contributed by atoms with E-state index in [9.17, 15) is 4.79 Å². The highest BCUT2D eigenvalue weighted by atomic mass is 16.1. The summed E-state index contributed by atoms with van der Waals surface area (Å²) in [5.74, 6) is 0.0919. The number of carbonyl (C=O) groups excluding carboxylic acids is 1. The van der Waals surface area contributed by atoms with E-state index in [1.165, 1.54) is 5.56 Å². The molecule has 3 heteroatoms. The lowest BCUT2D eigenvalue weighted by molar-refractivity contribution is -0.120. The van der Waals surface area contributed by atoms with Gasteiger partial charge in [-0.3, -0.25) is 4.79 Å². The van der Waals surface area contributed by atoms with Gasteiger partial charge in [0, 0.05) is 23.6 Å². The van der Waals surface area contributed by atoms with E-state index >= 15 is 0 Å². The molecule has 1 amide bonds. The number of hydrogen-bond acceptors (Lipinski definition) is 1. The van der Waals surface area contributed by atoms with Crippen LogP contribution in [0.2, 0.25) is 0 Å². The molecule has 0 atom stereocenters. The Bertz CT molecular complexity index is 528. The molecular weight excluding hydrogens is 212 g/mol. The highest BCUT2D eigenvalue weighted by molar-refractivity contribution is 5.89. The molecule has 3 nitrogen and oxygen atoms in total. The van der Waals surface area contributed by atoms with Gasteiger partial charge in [-0.15, -0.1) is 0 Å².